The maximum Gasteiger partial charge on any atom is 0.240 e. The van der Waals surface area contributed by atoms with Gasteiger partial charge in [-0.2, -0.15) is 0 Å². The first-order chi connectivity index (χ1) is 12.1. The van der Waals surface area contributed by atoms with Crippen molar-refractivity contribution in [2.45, 2.75) is 30.7 Å². The average Bonchev–Trinajstić information content (AvgIpc) is 2.63. The first kappa shape index (κ1) is 17.6. The van der Waals surface area contributed by atoms with Crippen LogP contribution in [0.1, 0.15) is 19.8 Å². The summed E-state index contributed by atoms with van der Waals surface area (Å²) in [4.78, 5) is 10.7. The van der Waals surface area contributed by atoms with Crippen LogP contribution in [0.5, 0.6) is 5.75 Å². The zero-order chi connectivity index (χ0) is 17.7. The Labute approximate surface area is 148 Å². The predicted octanol–water partition coefficient (Wildman–Crippen LogP) is 1.82. The monoisotopic (exact) mass is 362 g/mol. The van der Waals surface area contributed by atoms with Gasteiger partial charge in [-0.25, -0.2) is 23.1 Å². The van der Waals surface area contributed by atoms with Crippen molar-refractivity contribution in [1.29, 1.82) is 0 Å². The molecule has 1 N–H and O–H groups in total. The standard InChI is InChI=1S/C17H22N4O3S/c1-2-24-15-6-8-16(9-7-15)25(22,23)20-14-5-3-12-21(13-14)17-18-10-4-11-19-17/h4,6-11,14,20H,2-3,5,12-13H2,1H3/t14-/m1/s1. The molecule has 2 aromatic rings. The van der Waals surface area contributed by atoms with Crippen molar-refractivity contribution in [3.63, 3.8) is 0 Å². The zero-order valence-electron chi connectivity index (χ0n) is 14.1. The Morgan fingerprint density at radius 3 is 2.64 bits per heavy atom. The van der Waals surface area contributed by atoms with Crippen molar-refractivity contribution in [2.24, 2.45) is 0 Å². The van der Waals surface area contributed by atoms with Gasteiger partial charge in [0.2, 0.25) is 16.0 Å². The fourth-order valence-electron chi connectivity index (χ4n) is 2.88. The van der Waals surface area contributed by atoms with Gasteiger partial charge in [-0.15, -0.1) is 0 Å². The number of nitrogens with one attached hydrogen (secondary N) is 1. The van der Waals surface area contributed by atoms with E-state index in [1.165, 1.54) is 0 Å². The van der Waals surface area contributed by atoms with E-state index in [1.807, 2.05) is 11.8 Å². The van der Waals surface area contributed by atoms with Crippen LogP contribution in [-0.2, 0) is 10.0 Å². The average molecular weight is 362 g/mol. The number of anilines is 1. The van der Waals surface area contributed by atoms with Gasteiger partial charge < -0.3 is 9.64 Å². The van der Waals surface area contributed by atoms with E-state index in [-0.39, 0.29) is 10.9 Å². The highest BCUT2D eigenvalue weighted by atomic mass is 32.2. The van der Waals surface area contributed by atoms with Crippen LogP contribution >= 0.6 is 0 Å². The normalized spacial score (nSPS) is 18.1. The maximum atomic E-state index is 12.6. The smallest absolute Gasteiger partial charge is 0.240 e. The molecule has 1 atom stereocenters. The third-order valence-electron chi connectivity index (χ3n) is 4.02. The molecule has 0 unspecified atom stereocenters. The molecule has 0 bridgehead atoms. The molecule has 0 aliphatic carbocycles. The van der Waals surface area contributed by atoms with Crippen molar-refractivity contribution in [3.8, 4) is 5.75 Å². The van der Waals surface area contributed by atoms with Crippen molar-refractivity contribution in [1.82, 2.24) is 14.7 Å². The quantitative estimate of drug-likeness (QED) is 0.844. The summed E-state index contributed by atoms with van der Waals surface area (Å²) in [5.74, 6) is 1.29. The number of sulfonamides is 1. The van der Waals surface area contributed by atoms with Crippen LogP contribution in [0.2, 0.25) is 0 Å². The lowest BCUT2D eigenvalue weighted by molar-refractivity contribution is 0.340. The molecule has 1 aromatic carbocycles. The topological polar surface area (TPSA) is 84.4 Å². The third-order valence-corrected chi connectivity index (χ3v) is 5.56. The Hall–Kier alpha value is -2.19. The molecular formula is C17H22N4O3S. The minimum Gasteiger partial charge on any atom is -0.494 e. The number of benzene rings is 1. The van der Waals surface area contributed by atoms with E-state index in [9.17, 15) is 8.42 Å². The molecule has 7 nitrogen and oxygen atoms in total. The summed E-state index contributed by atoms with van der Waals surface area (Å²) >= 11 is 0. The van der Waals surface area contributed by atoms with Gasteiger partial charge in [-0.05, 0) is 50.1 Å². The van der Waals surface area contributed by atoms with E-state index in [1.54, 1.807) is 42.7 Å². The molecule has 1 aliphatic rings. The number of nitrogens with zero attached hydrogens (tertiary/aromatic N) is 3. The van der Waals surface area contributed by atoms with Crippen LogP contribution in [0, 0.1) is 0 Å². The highest BCUT2D eigenvalue weighted by molar-refractivity contribution is 7.89. The number of hydrogen-bond acceptors (Lipinski definition) is 6. The second kappa shape index (κ2) is 7.79. The third kappa shape index (κ3) is 4.46. The number of hydrogen-bond donors (Lipinski definition) is 1. The molecule has 1 aliphatic heterocycles. The second-order valence-electron chi connectivity index (χ2n) is 5.86. The summed E-state index contributed by atoms with van der Waals surface area (Å²) < 4.78 is 33.4. The van der Waals surface area contributed by atoms with Crippen LogP contribution in [-0.4, -0.2) is 44.1 Å². The van der Waals surface area contributed by atoms with Crippen molar-refractivity contribution in [3.05, 3.63) is 42.7 Å². The zero-order valence-corrected chi connectivity index (χ0v) is 14.9. The largest absolute Gasteiger partial charge is 0.494 e. The van der Waals surface area contributed by atoms with Crippen LogP contribution in [0.3, 0.4) is 0 Å². The molecule has 134 valence electrons. The molecule has 25 heavy (non-hydrogen) atoms. The number of ether oxygens (including phenoxy) is 1. The Morgan fingerprint density at radius 2 is 1.96 bits per heavy atom. The van der Waals surface area contributed by atoms with Crippen molar-refractivity contribution < 1.29 is 13.2 Å². The van der Waals surface area contributed by atoms with Gasteiger partial charge in [0.1, 0.15) is 5.75 Å². The van der Waals surface area contributed by atoms with Crippen LogP contribution in [0.25, 0.3) is 0 Å². The number of aromatic nitrogens is 2. The second-order valence-corrected chi connectivity index (χ2v) is 7.57. The van der Waals surface area contributed by atoms with Gasteiger partial charge in [0.15, 0.2) is 0 Å². The van der Waals surface area contributed by atoms with Crippen molar-refractivity contribution in [2.75, 3.05) is 24.6 Å². The number of rotatable bonds is 6. The van der Waals surface area contributed by atoms with E-state index in [4.69, 9.17) is 4.74 Å². The lowest BCUT2D eigenvalue weighted by Crippen LogP contribution is -2.48. The molecule has 0 spiro atoms. The Balaban J connectivity index is 1.67. The van der Waals surface area contributed by atoms with Gasteiger partial charge in [0.25, 0.3) is 0 Å². The predicted molar refractivity (Wildman–Crippen MR) is 95.2 cm³/mol. The Kier molecular flexibility index (Phi) is 5.50. The summed E-state index contributed by atoms with van der Waals surface area (Å²) in [5.41, 5.74) is 0. The summed E-state index contributed by atoms with van der Waals surface area (Å²) in [6, 6.07) is 8.06. The summed E-state index contributed by atoms with van der Waals surface area (Å²) in [5, 5.41) is 0. The van der Waals surface area contributed by atoms with E-state index in [0.29, 0.717) is 24.8 Å². The SMILES string of the molecule is CCOc1ccc(S(=O)(=O)N[C@@H]2CCCN(c3ncccn3)C2)cc1. The summed E-state index contributed by atoms with van der Waals surface area (Å²) in [6.45, 7) is 3.81. The lowest BCUT2D eigenvalue weighted by atomic mass is 10.1. The Bertz CT molecular complexity index is 781. The molecule has 0 radical (unpaired) electrons. The van der Waals surface area contributed by atoms with Gasteiger partial charge in [0, 0.05) is 31.5 Å². The summed E-state index contributed by atoms with van der Waals surface area (Å²) in [6.07, 6.45) is 5.06. The maximum absolute atomic E-state index is 12.6. The molecule has 0 amide bonds. The number of piperidine rings is 1. The first-order valence-electron chi connectivity index (χ1n) is 8.35. The minimum absolute atomic E-state index is 0.172. The van der Waals surface area contributed by atoms with Gasteiger partial charge >= 0.3 is 0 Å². The van der Waals surface area contributed by atoms with E-state index < -0.39 is 10.0 Å². The fraction of sp³-hybridized carbons (Fsp3) is 0.412. The highest BCUT2D eigenvalue weighted by Crippen LogP contribution is 2.19. The fourth-order valence-corrected chi connectivity index (χ4v) is 4.14. The molecule has 1 fully saturated rings. The molecule has 0 saturated carbocycles. The lowest BCUT2D eigenvalue weighted by Gasteiger charge is -2.32. The molecule has 1 aromatic heterocycles. The highest BCUT2D eigenvalue weighted by Gasteiger charge is 2.26. The molecule has 8 heteroatoms. The van der Waals surface area contributed by atoms with Crippen LogP contribution in [0.15, 0.2) is 47.6 Å². The van der Waals surface area contributed by atoms with Crippen LogP contribution in [0.4, 0.5) is 5.95 Å². The molecular weight excluding hydrogens is 340 g/mol. The molecule has 3 rings (SSSR count). The first-order valence-corrected chi connectivity index (χ1v) is 9.84. The Morgan fingerprint density at radius 1 is 1.24 bits per heavy atom. The van der Waals surface area contributed by atoms with Gasteiger partial charge in [-0.1, -0.05) is 0 Å². The van der Waals surface area contributed by atoms with Gasteiger partial charge in [0.05, 0.1) is 11.5 Å². The minimum atomic E-state index is -3.57. The molecule has 2 heterocycles. The van der Waals surface area contributed by atoms with Gasteiger partial charge in [-0.3, -0.25) is 0 Å². The van der Waals surface area contributed by atoms with E-state index in [2.05, 4.69) is 14.7 Å². The molecule has 1 saturated heterocycles. The summed E-state index contributed by atoms with van der Waals surface area (Å²) in [7, 11) is -3.57. The van der Waals surface area contributed by atoms with E-state index in [0.717, 1.165) is 19.4 Å². The van der Waals surface area contributed by atoms with E-state index >= 15 is 0 Å². The van der Waals surface area contributed by atoms with Crippen molar-refractivity contribution >= 4 is 16.0 Å². The van der Waals surface area contributed by atoms with Crippen LogP contribution < -0.4 is 14.4 Å².